The van der Waals surface area contributed by atoms with Gasteiger partial charge < -0.3 is 20.3 Å². The van der Waals surface area contributed by atoms with Crippen molar-refractivity contribution in [3.63, 3.8) is 0 Å². The Labute approximate surface area is 414 Å². The van der Waals surface area contributed by atoms with Crippen LogP contribution in [0.2, 0.25) is 0 Å². The lowest BCUT2D eigenvalue weighted by Crippen LogP contribution is -2.46. The van der Waals surface area contributed by atoms with Crippen molar-refractivity contribution in [2.24, 2.45) is 0 Å². The summed E-state index contributed by atoms with van der Waals surface area (Å²) in [6, 6.07) is -0.725. The lowest BCUT2D eigenvalue weighted by molar-refractivity contribution is -0.151. The molecule has 0 aromatic rings. The number of rotatable bonds is 49. The van der Waals surface area contributed by atoms with Crippen LogP contribution >= 0.6 is 0 Å². The summed E-state index contributed by atoms with van der Waals surface area (Å²) in [6.07, 6.45) is 71.7. The minimum Gasteiger partial charge on any atom is -0.462 e. The molecule has 0 bridgehead atoms. The summed E-state index contributed by atoms with van der Waals surface area (Å²) in [5.41, 5.74) is 0. The minimum atomic E-state index is -0.808. The molecule has 1 amide bonds. The monoisotopic (exact) mass is 932 g/mol. The third-order valence-electron chi connectivity index (χ3n) is 12.3. The van der Waals surface area contributed by atoms with E-state index in [1.807, 2.05) is 24.3 Å². The Balaban J connectivity index is 4.72. The van der Waals surface area contributed by atoms with E-state index >= 15 is 0 Å². The molecule has 384 valence electrons. The SMILES string of the molecule is CCC/C=C/C=C/C=C/C=C/C=C/CCCCCCCC(=O)OC(CCCCC/C=C/C=C/C=C/CCCCCCC)CC(=O)NC(CO)C(O)CCCCCCCCCCCCCCCC. The van der Waals surface area contributed by atoms with Crippen molar-refractivity contribution in [2.75, 3.05) is 6.61 Å². The van der Waals surface area contributed by atoms with Crippen molar-refractivity contribution in [1.29, 1.82) is 0 Å². The molecule has 0 heterocycles. The summed E-state index contributed by atoms with van der Waals surface area (Å²) < 4.78 is 5.93. The van der Waals surface area contributed by atoms with Gasteiger partial charge in [-0.3, -0.25) is 9.59 Å². The molecule has 0 aromatic heterocycles. The maximum atomic E-state index is 13.3. The van der Waals surface area contributed by atoms with E-state index in [0.717, 1.165) is 96.3 Å². The number of nitrogens with one attached hydrogen (secondary N) is 1. The average Bonchev–Trinajstić information content (AvgIpc) is 3.32. The Morgan fingerprint density at radius 3 is 1.22 bits per heavy atom. The predicted molar refractivity (Wildman–Crippen MR) is 291 cm³/mol. The standard InChI is InChI=1S/C61H105NO5/c1-4-7-10-13-16-19-22-25-28-30-31-33-36-39-42-45-48-51-54-61(66)67-57(52-49-46-43-40-37-34-32-29-26-23-20-17-14-11-8-5-2)55-60(65)62-58(56-63)59(64)53-50-47-44-41-38-35-27-24-21-18-15-12-9-6-3/h10,13,16,19,22-23,25-26,28-34,37,57-59,63-64H,4-9,11-12,14-15,17-18,20-21,24,27,35-36,38-56H2,1-3H3,(H,62,65)/b13-10+,19-16+,25-22+,26-23+,30-28+,32-29+,33-31+,37-34+. The molecule has 67 heavy (non-hydrogen) atoms. The van der Waals surface area contributed by atoms with Gasteiger partial charge in [0.15, 0.2) is 0 Å². The van der Waals surface area contributed by atoms with E-state index in [1.165, 1.54) is 109 Å². The first-order chi connectivity index (χ1) is 33.0. The van der Waals surface area contributed by atoms with E-state index in [0.29, 0.717) is 19.3 Å². The van der Waals surface area contributed by atoms with Gasteiger partial charge in [-0.1, -0.05) is 266 Å². The normalized spacial score (nSPS) is 13.9. The molecule has 0 saturated carbocycles. The molecule has 0 aromatic carbocycles. The first-order valence-corrected chi connectivity index (χ1v) is 28.1. The third kappa shape index (κ3) is 49.0. The fourth-order valence-electron chi connectivity index (χ4n) is 8.05. The van der Waals surface area contributed by atoms with Gasteiger partial charge in [-0.2, -0.15) is 0 Å². The molecule has 3 atom stereocenters. The number of allylic oxidation sites excluding steroid dienone is 16. The molecule has 0 aliphatic rings. The van der Waals surface area contributed by atoms with Crippen LogP contribution in [-0.4, -0.2) is 46.9 Å². The second-order valence-corrected chi connectivity index (χ2v) is 18.8. The van der Waals surface area contributed by atoms with Crippen molar-refractivity contribution in [1.82, 2.24) is 5.32 Å². The zero-order valence-corrected chi connectivity index (χ0v) is 43.8. The zero-order valence-electron chi connectivity index (χ0n) is 43.8. The van der Waals surface area contributed by atoms with Crippen LogP contribution in [-0.2, 0) is 14.3 Å². The van der Waals surface area contributed by atoms with Gasteiger partial charge in [-0.05, 0) is 70.6 Å². The topological polar surface area (TPSA) is 95.9 Å². The van der Waals surface area contributed by atoms with E-state index < -0.39 is 18.2 Å². The van der Waals surface area contributed by atoms with E-state index in [-0.39, 0.29) is 24.9 Å². The van der Waals surface area contributed by atoms with Crippen LogP contribution in [0.25, 0.3) is 0 Å². The van der Waals surface area contributed by atoms with E-state index in [2.05, 4.69) is 99.0 Å². The van der Waals surface area contributed by atoms with Crippen LogP contribution < -0.4 is 5.32 Å². The van der Waals surface area contributed by atoms with Gasteiger partial charge in [-0.15, -0.1) is 0 Å². The largest absolute Gasteiger partial charge is 0.462 e. The number of aliphatic hydroxyl groups is 2. The van der Waals surface area contributed by atoms with Crippen LogP contribution in [0, 0.1) is 0 Å². The van der Waals surface area contributed by atoms with Gasteiger partial charge in [0.1, 0.15) is 6.10 Å². The molecule has 0 radical (unpaired) electrons. The molecule has 0 saturated heterocycles. The lowest BCUT2D eigenvalue weighted by atomic mass is 10.0. The molecule has 0 spiro atoms. The first-order valence-electron chi connectivity index (χ1n) is 28.1. The summed E-state index contributed by atoms with van der Waals surface area (Å²) in [5.74, 6) is -0.539. The number of carbonyl (C=O) groups is 2. The number of ether oxygens (including phenoxy) is 1. The highest BCUT2D eigenvalue weighted by molar-refractivity contribution is 5.77. The number of carbonyl (C=O) groups excluding carboxylic acids is 2. The number of hydrogen-bond donors (Lipinski definition) is 3. The molecule has 0 rings (SSSR count). The summed E-state index contributed by atoms with van der Waals surface area (Å²) >= 11 is 0. The second kappa shape index (κ2) is 53.7. The smallest absolute Gasteiger partial charge is 0.306 e. The number of esters is 1. The van der Waals surface area contributed by atoms with Crippen molar-refractivity contribution >= 4 is 11.9 Å². The molecular formula is C61H105NO5. The molecule has 0 aliphatic carbocycles. The van der Waals surface area contributed by atoms with Gasteiger partial charge in [0.2, 0.25) is 5.91 Å². The lowest BCUT2D eigenvalue weighted by Gasteiger charge is -2.24. The number of aliphatic hydroxyl groups excluding tert-OH is 2. The Kier molecular flexibility index (Phi) is 51.1. The van der Waals surface area contributed by atoms with Crippen molar-refractivity contribution in [3.8, 4) is 0 Å². The number of amides is 1. The van der Waals surface area contributed by atoms with Crippen LogP contribution in [0.1, 0.15) is 252 Å². The molecule has 3 unspecified atom stereocenters. The summed E-state index contributed by atoms with van der Waals surface area (Å²) in [4.78, 5) is 26.3. The third-order valence-corrected chi connectivity index (χ3v) is 12.3. The second-order valence-electron chi connectivity index (χ2n) is 18.8. The summed E-state index contributed by atoms with van der Waals surface area (Å²) in [7, 11) is 0. The maximum absolute atomic E-state index is 13.3. The Morgan fingerprint density at radius 1 is 0.433 bits per heavy atom. The van der Waals surface area contributed by atoms with Crippen molar-refractivity contribution in [2.45, 2.75) is 270 Å². The van der Waals surface area contributed by atoms with Crippen LogP contribution in [0.5, 0.6) is 0 Å². The van der Waals surface area contributed by atoms with Gasteiger partial charge in [0.05, 0.1) is 25.2 Å². The van der Waals surface area contributed by atoms with Gasteiger partial charge in [-0.25, -0.2) is 0 Å². The molecule has 0 fully saturated rings. The molecular weight excluding hydrogens is 827 g/mol. The van der Waals surface area contributed by atoms with Gasteiger partial charge in [0.25, 0.3) is 0 Å². The van der Waals surface area contributed by atoms with Gasteiger partial charge >= 0.3 is 5.97 Å². The fraction of sp³-hybridized carbons (Fsp3) is 0.705. The highest BCUT2D eigenvalue weighted by atomic mass is 16.5. The average molecular weight is 933 g/mol. The van der Waals surface area contributed by atoms with Crippen LogP contribution in [0.3, 0.4) is 0 Å². The first kappa shape index (κ1) is 63.8. The predicted octanol–water partition coefficient (Wildman–Crippen LogP) is 17.3. The number of hydrogen-bond acceptors (Lipinski definition) is 5. The van der Waals surface area contributed by atoms with E-state index in [4.69, 9.17) is 4.74 Å². The van der Waals surface area contributed by atoms with Crippen LogP contribution in [0.15, 0.2) is 97.2 Å². The van der Waals surface area contributed by atoms with Crippen LogP contribution in [0.4, 0.5) is 0 Å². The van der Waals surface area contributed by atoms with Crippen molar-refractivity contribution < 1.29 is 24.5 Å². The molecule has 6 nitrogen and oxygen atoms in total. The minimum absolute atomic E-state index is 0.0392. The fourth-order valence-corrected chi connectivity index (χ4v) is 8.05. The summed E-state index contributed by atoms with van der Waals surface area (Å²) in [5, 5.41) is 23.8. The zero-order chi connectivity index (χ0) is 48.8. The maximum Gasteiger partial charge on any atom is 0.306 e. The molecule has 6 heteroatoms. The Morgan fingerprint density at radius 2 is 0.791 bits per heavy atom. The summed E-state index contributed by atoms with van der Waals surface area (Å²) in [6.45, 7) is 6.37. The van der Waals surface area contributed by atoms with E-state index in [1.54, 1.807) is 0 Å². The molecule has 3 N–H and O–H groups in total. The number of unbranched alkanes of at least 4 members (excludes halogenated alkanes) is 27. The Bertz CT molecular complexity index is 1320. The van der Waals surface area contributed by atoms with Crippen molar-refractivity contribution in [3.05, 3.63) is 97.2 Å². The Hall–Kier alpha value is -3.22. The highest BCUT2D eigenvalue weighted by Crippen LogP contribution is 2.17. The molecule has 0 aliphatic heterocycles. The quantitative estimate of drug-likeness (QED) is 0.0321. The van der Waals surface area contributed by atoms with E-state index in [9.17, 15) is 19.8 Å². The van der Waals surface area contributed by atoms with Gasteiger partial charge in [0, 0.05) is 6.42 Å². The highest BCUT2D eigenvalue weighted by Gasteiger charge is 2.24.